The van der Waals surface area contributed by atoms with Crippen LogP contribution in [0.25, 0.3) is 5.57 Å². The Morgan fingerprint density at radius 1 is 1.38 bits per heavy atom. The lowest BCUT2D eigenvalue weighted by molar-refractivity contribution is 0.131. The van der Waals surface area contributed by atoms with Gasteiger partial charge in [-0.1, -0.05) is 12.2 Å². The summed E-state index contributed by atoms with van der Waals surface area (Å²) < 4.78 is 7.22. The lowest BCUT2D eigenvalue weighted by atomic mass is 9.92. The summed E-state index contributed by atoms with van der Waals surface area (Å²) in [7, 11) is 5.92. The van der Waals surface area contributed by atoms with Gasteiger partial charge in [0, 0.05) is 51.1 Å². The molecule has 4 nitrogen and oxygen atoms in total. The van der Waals surface area contributed by atoms with Gasteiger partial charge in [-0.15, -0.1) is 0 Å². The van der Waals surface area contributed by atoms with E-state index in [9.17, 15) is 0 Å². The molecule has 0 amide bonds. The molecule has 0 radical (unpaired) electrons. The second-order valence-corrected chi connectivity index (χ2v) is 6.00. The van der Waals surface area contributed by atoms with Crippen LogP contribution in [-0.2, 0) is 11.8 Å². The number of methoxy groups -OCH3 is 1. The Labute approximate surface area is 126 Å². The first-order valence-electron chi connectivity index (χ1n) is 7.46. The van der Waals surface area contributed by atoms with Gasteiger partial charge in [-0.3, -0.25) is 4.68 Å². The SMILES string of the molecule is COCC1CC2=C(C=CCC(c3cnn(C)c3)=C2)N(C)C1. The summed E-state index contributed by atoms with van der Waals surface area (Å²) in [5, 5.41) is 4.29. The molecule has 1 aromatic rings. The summed E-state index contributed by atoms with van der Waals surface area (Å²) in [5.74, 6) is 0.566. The summed E-state index contributed by atoms with van der Waals surface area (Å²) in [5.41, 5.74) is 5.32. The van der Waals surface area contributed by atoms with Crippen LogP contribution in [0.3, 0.4) is 0 Å². The van der Waals surface area contributed by atoms with Gasteiger partial charge in [0.15, 0.2) is 0 Å². The fourth-order valence-corrected chi connectivity index (χ4v) is 3.28. The molecule has 0 N–H and O–H groups in total. The molecule has 4 heteroatoms. The molecular weight excluding hydrogens is 262 g/mol. The summed E-state index contributed by atoms with van der Waals surface area (Å²) >= 11 is 0. The van der Waals surface area contributed by atoms with Crippen LogP contribution in [0.15, 0.2) is 41.9 Å². The van der Waals surface area contributed by atoms with E-state index in [2.05, 4.69) is 41.5 Å². The van der Waals surface area contributed by atoms with Gasteiger partial charge in [0.2, 0.25) is 0 Å². The predicted molar refractivity (Wildman–Crippen MR) is 84.6 cm³/mol. The van der Waals surface area contributed by atoms with Crippen LogP contribution in [0, 0.1) is 5.92 Å². The molecule has 1 unspecified atom stereocenters. The molecule has 2 aliphatic rings. The molecular formula is C17H23N3O. The highest BCUT2D eigenvalue weighted by molar-refractivity contribution is 5.70. The van der Waals surface area contributed by atoms with Gasteiger partial charge < -0.3 is 9.64 Å². The summed E-state index contributed by atoms with van der Waals surface area (Å²) in [6.45, 7) is 1.88. The Bertz CT molecular complexity index is 609. The van der Waals surface area contributed by atoms with Gasteiger partial charge in [-0.2, -0.15) is 5.10 Å². The molecule has 1 atom stereocenters. The summed E-state index contributed by atoms with van der Waals surface area (Å²) in [6, 6.07) is 0. The molecule has 2 heterocycles. The average Bonchev–Trinajstić information content (AvgIpc) is 2.75. The minimum Gasteiger partial charge on any atom is -0.384 e. The number of nitrogens with zero attached hydrogens (tertiary/aromatic N) is 3. The third-order valence-corrected chi connectivity index (χ3v) is 4.22. The monoisotopic (exact) mass is 285 g/mol. The highest BCUT2D eigenvalue weighted by Crippen LogP contribution is 2.33. The van der Waals surface area contributed by atoms with Crippen LogP contribution >= 0.6 is 0 Å². The second kappa shape index (κ2) is 5.90. The maximum atomic E-state index is 5.35. The molecule has 21 heavy (non-hydrogen) atoms. The summed E-state index contributed by atoms with van der Waals surface area (Å²) in [4.78, 5) is 2.35. The highest BCUT2D eigenvalue weighted by Gasteiger charge is 2.23. The van der Waals surface area contributed by atoms with Crippen LogP contribution in [-0.4, -0.2) is 42.0 Å². The van der Waals surface area contributed by atoms with E-state index in [1.165, 1.54) is 22.4 Å². The zero-order valence-corrected chi connectivity index (χ0v) is 13.0. The second-order valence-electron chi connectivity index (χ2n) is 6.00. The van der Waals surface area contributed by atoms with Crippen LogP contribution in [0.1, 0.15) is 18.4 Å². The third kappa shape index (κ3) is 2.95. The van der Waals surface area contributed by atoms with E-state index in [4.69, 9.17) is 4.74 Å². The quantitative estimate of drug-likeness (QED) is 0.855. The van der Waals surface area contributed by atoms with Crippen molar-refractivity contribution in [1.29, 1.82) is 0 Å². The van der Waals surface area contributed by atoms with Crippen molar-refractivity contribution in [2.24, 2.45) is 13.0 Å². The van der Waals surface area contributed by atoms with E-state index >= 15 is 0 Å². The first kappa shape index (κ1) is 14.1. The van der Waals surface area contributed by atoms with Crippen molar-refractivity contribution in [2.75, 3.05) is 27.3 Å². The fourth-order valence-electron chi connectivity index (χ4n) is 3.28. The zero-order chi connectivity index (χ0) is 14.8. The van der Waals surface area contributed by atoms with E-state index in [0.29, 0.717) is 5.92 Å². The maximum absolute atomic E-state index is 5.35. The topological polar surface area (TPSA) is 30.3 Å². The molecule has 0 bridgehead atoms. The van der Waals surface area contributed by atoms with Crippen molar-refractivity contribution in [2.45, 2.75) is 12.8 Å². The largest absolute Gasteiger partial charge is 0.384 e. The maximum Gasteiger partial charge on any atom is 0.0565 e. The Kier molecular flexibility index (Phi) is 3.97. The van der Waals surface area contributed by atoms with E-state index in [-0.39, 0.29) is 0 Å². The van der Waals surface area contributed by atoms with Gasteiger partial charge in [0.1, 0.15) is 0 Å². The van der Waals surface area contributed by atoms with Crippen molar-refractivity contribution in [3.05, 3.63) is 47.5 Å². The minimum atomic E-state index is 0.566. The normalized spacial score (nSPS) is 22.1. The van der Waals surface area contributed by atoms with E-state index < -0.39 is 0 Å². The molecule has 0 saturated carbocycles. The van der Waals surface area contributed by atoms with Gasteiger partial charge in [-0.25, -0.2) is 0 Å². The van der Waals surface area contributed by atoms with Gasteiger partial charge in [0.25, 0.3) is 0 Å². The molecule has 3 rings (SSSR count). The minimum absolute atomic E-state index is 0.566. The van der Waals surface area contributed by atoms with E-state index in [0.717, 1.165) is 26.0 Å². The third-order valence-electron chi connectivity index (χ3n) is 4.22. The number of aromatic nitrogens is 2. The van der Waals surface area contributed by atoms with Crippen LogP contribution < -0.4 is 0 Å². The summed E-state index contributed by atoms with van der Waals surface area (Å²) in [6.07, 6.45) is 13.0. The number of allylic oxidation sites excluding steroid dienone is 5. The Morgan fingerprint density at radius 3 is 2.95 bits per heavy atom. The molecule has 1 aliphatic carbocycles. The average molecular weight is 285 g/mol. The number of likely N-dealkylation sites (N-methyl/N-ethyl adjacent to an activating group) is 1. The smallest absolute Gasteiger partial charge is 0.0565 e. The fraction of sp³-hybridized carbons (Fsp3) is 0.471. The standard InChI is InChI=1S/C17H23N3O/c1-19-10-13(12-21-3)7-15-8-14(5-4-6-17(15)19)16-9-18-20(2)11-16/h4,6,8-9,11,13H,5,7,10,12H2,1-3H3. The van der Waals surface area contributed by atoms with E-state index in [1.54, 1.807) is 7.11 Å². The Balaban J connectivity index is 1.93. The zero-order valence-electron chi connectivity index (χ0n) is 13.0. The van der Waals surface area contributed by atoms with E-state index in [1.807, 2.05) is 17.9 Å². The van der Waals surface area contributed by atoms with Crippen molar-refractivity contribution in [1.82, 2.24) is 14.7 Å². The molecule has 0 saturated heterocycles. The number of rotatable bonds is 3. The van der Waals surface area contributed by atoms with Crippen molar-refractivity contribution in [3.8, 4) is 0 Å². The first-order valence-corrected chi connectivity index (χ1v) is 7.46. The highest BCUT2D eigenvalue weighted by atomic mass is 16.5. The lowest BCUT2D eigenvalue weighted by Crippen LogP contribution is -2.32. The molecule has 112 valence electrons. The first-order chi connectivity index (χ1) is 10.2. The van der Waals surface area contributed by atoms with Gasteiger partial charge >= 0.3 is 0 Å². The number of aryl methyl sites for hydroxylation is 1. The van der Waals surface area contributed by atoms with Crippen LogP contribution in [0.5, 0.6) is 0 Å². The Hall–Kier alpha value is -1.81. The molecule has 0 aromatic carbocycles. The van der Waals surface area contributed by atoms with Crippen LogP contribution in [0.4, 0.5) is 0 Å². The lowest BCUT2D eigenvalue weighted by Gasteiger charge is -2.33. The van der Waals surface area contributed by atoms with Crippen molar-refractivity contribution < 1.29 is 4.74 Å². The van der Waals surface area contributed by atoms with Crippen LogP contribution in [0.2, 0.25) is 0 Å². The molecule has 1 aliphatic heterocycles. The van der Waals surface area contributed by atoms with Gasteiger partial charge in [-0.05, 0) is 30.1 Å². The number of ether oxygens (including phenoxy) is 1. The number of hydrogen-bond acceptors (Lipinski definition) is 3. The van der Waals surface area contributed by atoms with Crippen molar-refractivity contribution in [3.63, 3.8) is 0 Å². The Morgan fingerprint density at radius 2 is 2.24 bits per heavy atom. The molecule has 0 fully saturated rings. The number of hydrogen-bond donors (Lipinski definition) is 0. The van der Waals surface area contributed by atoms with Gasteiger partial charge in [0.05, 0.1) is 12.8 Å². The van der Waals surface area contributed by atoms with Crippen molar-refractivity contribution >= 4 is 5.57 Å². The molecule has 0 spiro atoms. The predicted octanol–water partition coefficient (Wildman–Crippen LogP) is 2.62. The molecule has 1 aromatic heterocycles.